The molecule has 2 fully saturated rings. The molecule has 2 saturated carbocycles. The first-order valence-corrected chi connectivity index (χ1v) is 9.18. The van der Waals surface area contributed by atoms with Crippen molar-refractivity contribution in [1.29, 1.82) is 0 Å². The third-order valence-corrected chi connectivity index (χ3v) is 4.86. The Bertz CT molecular complexity index is 478. The first kappa shape index (κ1) is 15.4. The summed E-state index contributed by atoms with van der Waals surface area (Å²) in [5, 5.41) is 3.60. The molecule has 3 rings (SSSR count). The molecule has 0 bridgehead atoms. The average molecular weight is 351 g/mol. The van der Waals surface area contributed by atoms with Gasteiger partial charge in [0.05, 0.1) is 0 Å². The van der Waals surface area contributed by atoms with E-state index < -0.39 is 0 Å². The smallest absolute Gasteiger partial charge is 0.0425 e. The lowest BCUT2D eigenvalue weighted by Gasteiger charge is -2.28. The van der Waals surface area contributed by atoms with Crippen LogP contribution in [0.2, 0.25) is 0 Å². The van der Waals surface area contributed by atoms with Crippen molar-refractivity contribution < 1.29 is 0 Å². The van der Waals surface area contributed by atoms with Crippen LogP contribution in [0.4, 0.5) is 5.69 Å². The van der Waals surface area contributed by atoms with Crippen LogP contribution < -0.4 is 10.2 Å². The van der Waals surface area contributed by atoms with Gasteiger partial charge >= 0.3 is 0 Å². The predicted octanol–water partition coefficient (Wildman–Crippen LogP) is 4.57. The zero-order valence-electron chi connectivity index (χ0n) is 13.2. The quantitative estimate of drug-likeness (QED) is 0.738. The van der Waals surface area contributed by atoms with Crippen LogP contribution in [0.25, 0.3) is 0 Å². The summed E-state index contributed by atoms with van der Waals surface area (Å²) in [5.74, 6) is 1.65. The van der Waals surface area contributed by atoms with E-state index in [4.69, 9.17) is 0 Å². The molecule has 0 spiro atoms. The van der Waals surface area contributed by atoms with Gasteiger partial charge in [0.1, 0.15) is 0 Å². The van der Waals surface area contributed by atoms with Crippen LogP contribution in [0.15, 0.2) is 22.7 Å². The number of halogens is 1. The van der Waals surface area contributed by atoms with Crippen molar-refractivity contribution in [3.8, 4) is 0 Å². The minimum Gasteiger partial charge on any atom is -0.368 e. The van der Waals surface area contributed by atoms with E-state index >= 15 is 0 Å². The van der Waals surface area contributed by atoms with Crippen molar-refractivity contribution in [1.82, 2.24) is 5.32 Å². The molecular formula is C18H27BrN2. The zero-order chi connectivity index (χ0) is 14.8. The number of rotatable bonds is 8. The lowest BCUT2D eigenvalue weighted by Crippen LogP contribution is -2.30. The summed E-state index contributed by atoms with van der Waals surface area (Å²) >= 11 is 3.66. The van der Waals surface area contributed by atoms with E-state index in [1.54, 1.807) is 0 Å². The first-order valence-electron chi connectivity index (χ1n) is 8.39. The van der Waals surface area contributed by atoms with Crippen LogP contribution in [0.3, 0.4) is 0 Å². The first-order chi connectivity index (χ1) is 10.1. The summed E-state index contributed by atoms with van der Waals surface area (Å²) < 4.78 is 1.20. The highest BCUT2D eigenvalue weighted by atomic mass is 79.9. The van der Waals surface area contributed by atoms with Crippen LogP contribution in [-0.2, 0) is 6.54 Å². The Kier molecular flexibility index (Phi) is 4.90. The number of hydrogen-bond donors (Lipinski definition) is 1. The fraction of sp³-hybridized carbons (Fsp3) is 0.667. The molecule has 1 N–H and O–H groups in total. The van der Waals surface area contributed by atoms with Crippen molar-refractivity contribution in [3.63, 3.8) is 0 Å². The highest BCUT2D eigenvalue weighted by Crippen LogP contribution is 2.39. The van der Waals surface area contributed by atoms with Gasteiger partial charge < -0.3 is 10.2 Å². The Morgan fingerprint density at radius 2 is 2.00 bits per heavy atom. The van der Waals surface area contributed by atoms with E-state index in [0.717, 1.165) is 25.0 Å². The summed E-state index contributed by atoms with van der Waals surface area (Å²) in [4.78, 5) is 2.69. The molecule has 0 aromatic heterocycles. The Morgan fingerprint density at radius 1 is 1.24 bits per heavy atom. The minimum absolute atomic E-state index is 0.704. The lowest BCUT2D eigenvalue weighted by molar-refractivity contribution is 0.551. The summed E-state index contributed by atoms with van der Waals surface area (Å²) in [6.45, 7) is 7.85. The molecule has 1 aromatic carbocycles. The number of anilines is 1. The van der Waals surface area contributed by atoms with Gasteiger partial charge in [0.2, 0.25) is 0 Å². The third-order valence-electron chi connectivity index (χ3n) is 4.36. The Balaban J connectivity index is 1.75. The molecular weight excluding hydrogens is 324 g/mol. The second kappa shape index (κ2) is 6.70. The molecule has 0 heterocycles. The molecule has 116 valence electrons. The van der Waals surface area contributed by atoms with Crippen molar-refractivity contribution in [2.24, 2.45) is 11.8 Å². The molecule has 0 atom stereocenters. The lowest BCUT2D eigenvalue weighted by atomic mass is 10.1. The normalized spacial score (nSPS) is 18.3. The van der Waals surface area contributed by atoms with Crippen molar-refractivity contribution in [3.05, 3.63) is 28.2 Å². The maximum atomic E-state index is 3.66. The summed E-state index contributed by atoms with van der Waals surface area (Å²) in [6.07, 6.45) is 5.60. The van der Waals surface area contributed by atoms with Gasteiger partial charge in [-0.25, -0.2) is 0 Å². The van der Waals surface area contributed by atoms with Crippen LogP contribution in [0.5, 0.6) is 0 Å². The molecule has 2 aliphatic rings. The van der Waals surface area contributed by atoms with Crippen molar-refractivity contribution in [2.45, 2.75) is 52.1 Å². The topological polar surface area (TPSA) is 15.3 Å². The molecule has 2 aliphatic carbocycles. The molecule has 0 unspecified atom stereocenters. The largest absolute Gasteiger partial charge is 0.368 e. The summed E-state index contributed by atoms with van der Waals surface area (Å²) in [5.41, 5.74) is 2.90. The van der Waals surface area contributed by atoms with Crippen molar-refractivity contribution >= 4 is 21.6 Å². The van der Waals surface area contributed by atoms with Crippen molar-refractivity contribution in [2.75, 3.05) is 18.0 Å². The molecule has 0 radical (unpaired) electrons. The Morgan fingerprint density at radius 3 is 2.62 bits per heavy atom. The number of hydrogen-bond acceptors (Lipinski definition) is 2. The maximum Gasteiger partial charge on any atom is 0.0425 e. The average Bonchev–Trinajstić information content (AvgIpc) is 3.31. The van der Waals surface area contributed by atoms with E-state index in [1.165, 1.54) is 48.0 Å². The van der Waals surface area contributed by atoms with Gasteiger partial charge in [0.15, 0.2) is 0 Å². The summed E-state index contributed by atoms with van der Waals surface area (Å²) in [7, 11) is 0. The van der Waals surface area contributed by atoms with Gasteiger partial charge in [0, 0.05) is 29.3 Å². The second-order valence-electron chi connectivity index (χ2n) is 7.12. The van der Waals surface area contributed by atoms with E-state index in [-0.39, 0.29) is 0 Å². The second-order valence-corrected chi connectivity index (χ2v) is 8.04. The molecule has 21 heavy (non-hydrogen) atoms. The minimum atomic E-state index is 0.704. The SMILES string of the molecule is CC(C)CNCc1ccc(Br)cc1N(CC1CC1)C1CC1. The fourth-order valence-corrected chi connectivity index (χ4v) is 3.21. The monoisotopic (exact) mass is 350 g/mol. The van der Waals surface area contributed by atoms with Crippen LogP contribution in [-0.4, -0.2) is 19.1 Å². The van der Waals surface area contributed by atoms with Gasteiger partial charge in [-0.2, -0.15) is 0 Å². The van der Waals surface area contributed by atoms with Gasteiger partial charge in [-0.1, -0.05) is 35.8 Å². The molecule has 0 amide bonds. The maximum absolute atomic E-state index is 3.66. The van der Waals surface area contributed by atoms with E-state index in [1.807, 2.05) is 0 Å². The van der Waals surface area contributed by atoms with Gasteiger partial charge in [0.25, 0.3) is 0 Å². The standard InChI is InChI=1S/C18H27BrN2/c1-13(2)10-20-11-15-5-6-16(19)9-18(15)21(17-7-8-17)12-14-3-4-14/h5-6,9,13-14,17,20H,3-4,7-8,10-12H2,1-2H3. The van der Waals surface area contributed by atoms with E-state index in [2.05, 4.69) is 58.2 Å². The van der Waals surface area contributed by atoms with Crippen LogP contribution in [0.1, 0.15) is 45.1 Å². The van der Waals surface area contributed by atoms with Crippen LogP contribution >= 0.6 is 15.9 Å². The van der Waals surface area contributed by atoms with Gasteiger partial charge in [-0.05, 0) is 61.8 Å². The van der Waals surface area contributed by atoms with Gasteiger partial charge in [-0.15, -0.1) is 0 Å². The van der Waals surface area contributed by atoms with Crippen LogP contribution in [0, 0.1) is 11.8 Å². The highest BCUT2D eigenvalue weighted by Gasteiger charge is 2.34. The van der Waals surface area contributed by atoms with E-state index in [0.29, 0.717) is 5.92 Å². The summed E-state index contributed by atoms with van der Waals surface area (Å²) in [6, 6.07) is 7.59. The molecule has 1 aromatic rings. The Hall–Kier alpha value is -0.540. The third kappa shape index (κ3) is 4.46. The fourth-order valence-electron chi connectivity index (χ4n) is 2.86. The van der Waals surface area contributed by atoms with E-state index in [9.17, 15) is 0 Å². The number of benzene rings is 1. The highest BCUT2D eigenvalue weighted by molar-refractivity contribution is 9.10. The predicted molar refractivity (Wildman–Crippen MR) is 93.8 cm³/mol. The number of nitrogens with zero attached hydrogens (tertiary/aromatic N) is 1. The molecule has 0 aliphatic heterocycles. The number of nitrogens with one attached hydrogen (secondary N) is 1. The van der Waals surface area contributed by atoms with Gasteiger partial charge in [-0.3, -0.25) is 0 Å². The molecule has 3 heteroatoms. The Labute approximate surface area is 137 Å². The molecule has 2 nitrogen and oxygen atoms in total. The molecule has 0 saturated heterocycles. The zero-order valence-corrected chi connectivity index (χ0v) is 14.8.